The highest BCUT2D eigenvalue weighted by molar-refractivity contribution is 6.30. The van der Waals surface area contributed by atoms with Crippen LogP contribution < -0.4 is 10.6 Å². The van der Waals surface area contributed by atoms with Crippen LogP contribution in [0.1, 0.15) is 30.1 Å². The van der Waals surface area contributed by atoms with Crippen molar-refractivity contribution >= 4 is 29.3 Å². The summed E-state index contributed by atoms with van der Waals surface area (Å²) >= 11 is 5.84. The predicted octanol–water partition coefficient (Wildman–Crippen LogP) is 1.44. The van der Waals surface area contributed by atoms with E-state index in [2.05, 4.69) is 10.6 Å². The maximum atomic E-state index is 12.5. The van der Waals surface area contributed by atoms with Gasteiger partial charge in [-0.3, -0.25) is 14.4 Å². The molecule has 7 heteroatoms. The normalized spacial score (nSPS) is 17.2. The highest BCUT2D eigenvalue weighted by atomic mass is 35.5. The quantitative estimate of drug-likeness (QED) is 0.788. The fourth-order valence-corrected chi connectivity index (χ4v) is 2.85. The molecule has 1 aliphatic heterocycles. The van der Waals surface area contributed by atoms with Gasteiger partial charge in [-0.1, -0.05) is 11.6 Å². The second-order valence-corrected chi connectivity index (χ2v) is 6.31. The highest BCUT2D eigenvalue weighted by Gasteiger charge is 2.28. The maximum absolute atomic E-state index is 12.5. The SMILES string of the molecule is CC(=O)NCCNC(=O)C1CCCN(C(=O)c2ccc(Cl)cc2)C1. The van der Waals surface area contributed by atoms with Crippen molar-refractivity contribution in [2.24, 2.45) is 5.92 Å². The molecule has 1 heterocycles. The van der Waals surface area contributed by atoms with E-state index in [1.807, 2.05) is 0 Å². The molecule has 0 aliphatic carbocycles. The number of halogens is 1. The Balaban J connectivity index is 1.86. The van der Waals surface area contributed by atoms with E-state index in [1.165, 1.54) is 6.92 Å². The summed E-state index contributed by atoms with van der Waals surface area (Å²) in [6.45, 7) is 3.29. The van der Waals surface area contributed by atoms with Crippen molar-refractivity contribution in [2.45, 2.75) is 19.8 Å². The first-order valence-corrected chi connectivity index (χ1v) is 8.42. The van der Waals surface area contributed by atoms with Gasteiger partial charge in [0.15, 0.2) is 0 Å². The van der Waals surface area contributed by atoms with Crippen molar-refractivity contribution in [2.75, 3.05) is 26.2 Å². The number of benzene rings is 1. The molecule has 0 bridgehead atoms. The molecule has 1 atom stereocenters. The number of rotatable bonds is 5. The zero-order valence-electron chi connectivity index (χ0n) is 13.7. The van der Waals surface area contributed by atoms with Gasteiger partial charge in [0.1, 0.15) is 0 Å². The Labute approximate surface area is 146 Å². The summed E-state index contributed by atoms with van der Waals surface area (Å²) in [5.41, 5.74) is 0.575. The third-order valence-corrected chi connectivity index (χ3v) is 4.22. The first-order valence-electron chi connectivity index (χ1n) is 8.04. The number of amides is 3. The second-order valence-electron chi connectivity index (χ2n) is 5.87. The van der Waals surface area contributed by atoms with Gasteiger partial charge in [0.25, 0.3) is 5.91 Å². The van der Waals surface area contributed by atoms with E-state index in [-0.39, 0.29) is 23.6 Å². The Kier molecular flexibility index (Phi) is 6.61. The highest BCUT2D eigenvalue weighted by Crippen LogP contribution is 2.19. The van der Waals surface area contributed by atoms with E-state index in [1.54, 1.807) is 29.2 Å². The van der Waals surface area contributed by atoms with Gasteiger partial charge in [-0.25, -0.2) is 0 Å². The summed E-state index contributed by atoms with van der Waals surface area (Å²) in [5.74, 6) is -0.495. The van der Waals surface area contributed by atoms with Crippen LogP contribution in [0.2, 0.25) is 5.02 Å². The van der Waals surface area contributed by atoms with Gasteiger partial charge in [0, 0.05) is 43.7 Å². The monoisotopic (exact) mass is 351 g/mol. The third-order valence-electron chi connectivity index (χ3n) is 3.97. The standard InChI is InChI=1S/C17H22ClN3O3/c1-12(22)19-8-9-20-16(23)14-3-2-10-21(11-14)17(24)13-4-6-15(18)7-5-13/h4-7,14H,2-3,8-11H2,1H3,(H,19,22)(H,20,23). The number of likely N-dealkylation sites (tertiary alicyclic amines) is 1. The van der Waals surface area contributed by atoms with Gasteiger partial charge in [-0.15, -0.1) is 0 Å². The van der Waals surface area contributed by atoms with E-state index in [4.69, 9.17) is 11.6 Å². The van der Waals surface area contributed by atoms with E-state index < -0.39 is 0 Å². The average Bonchev–Trinajstić information content (AvgIpc) is 2.58. The molecule has 3 amide bonds. The smallest absolute Gasteiger partial charge is 0.253 e. The lowest BCUT2D eigenvalue weighted by Crippen LogP contribution is -2.46. The van der Waals surface area contributed by atoms with Crippen molar-refractivity contribution in [1.29, 1.82) is 0 Å². The molecule has 6 nitrogen and oxygen atoms in total. The fraction of sp³-hybridized carbons (Fsp3) is 0.471. The topological polar surface area (TPSA) is 78.5 Å². The fourth-order valence-electron chi connectivity index (χ4n) is 2.72. The summed E-state index contributed by atoms with van der Waals surface area (Å²) in [6, 6.07) is 6.76. The van der Waals surface area contributed by atoms with Crippen molar-refractivity contribution < 1.29 is 14.4 Å². The predicted molar refractivity (Wildman–Crippen MR) is 91.8 cm³/mol. The second kappa shape index (κ2) is 8.68. The number of nitrogens with zero attached hydrogens (tertiary/aromatic N) is 1. The summed E-state index contributed by atoms with van der Waals surface area (Å²) in [4.78, 5) is 37.2. The largest absolute Gasteiger partial charge is 0.355 e. The van der Waals surface area contributed by atoms with Crippen LogP contribution in [-0.2, 0) is 9.59 Å². The van der Waals surface area contributed by atoms with Crippen LogP contribution in [0.5, 0.6) is 0 Å². The zero-order chi connectivity index (χ0) is 17.5. The molecule has 24 heavy (non-hydrogen) atoms. The molecular formula is C17H22ClN3O3. The molecule has 1 fully saturated rings. The third kappa shape index (κ3) is 5.23. The van der Waals surface area contributed by atoms with E-state index in [0.29, 0.717) is 36.8 Å². The van der Waals surface area contributed by atoms with Crippen LogP contribution in [0, 0.1) is 5.92 Å². The Morgan fingerprint density at radius 3 is 2.50 bits per heavy atom. The molecule has 130 valence electrons. The molecule has 2 rings (SSSR count). The van der Waals surface area contributed by atoms with Crippen molar-refractivity contribution in [3.63, 3.8) is 0 Å². The van der Waals surface area contributed by atoms with Crippen LogP contribution >= 0.6 is 11.6 Å². The van der Waals surface area contributed by atoms with Gasteiger partial charge in [0.2, 0.25) is 11.8 Å². The number of carbonyl (C=O) groups is 3. The Bertz CT molecular complexity index is 604. The van der Waals surface area contributed by atoms with Crippen molar-refractivity contribution in [1.82, 2.24) is 15.5 Å². The molecule has 1 aromatic rings. The van der Waals surface area contributed by atoms with Gasteiger partial charge in [0.05, 0.1) is 5.92 Å². The zero-order valence-corrected chi connectivity index (χ0v) is 14.4. The molecule has 1 aliphatic rings. The summed E-state index contributed by atoms with van der Waals surface area (Å²) < 4.78 is 0. The van der Waals surface area contributed by atoms with Crippen LogP contribution in [0.4, 0.5) is 0 Å². The summed E-state index contributed by atoms with van der Waals surface area (Å²) in [5, 5.41) is 6.02. The Morgan fingerprint density at radius 2 is 1.83 bits per heavy atom. The van der Waals surface area contributed by atoms with Crippen molar-refractivity contribution in [3.05, 3.63) is 34.9 Å². The summed E-state index contributed by atoms with van der Waals surface area (Å²) in [7, 11) is 0. The molecule has 2 N–H and O–H groups in total. The molecule has 1 saturated heterocycles. The maximum Gasteiger partial charge on any atom is 0.253 e. The number of piperidine rings is 1. The molecule has 1 unspecified atom stereocenters. The van der Waals surface area contributed by atoms with Crippen LogP contribution in [0.3, 0.4) is 0 Å². The number of hydrogen-bond donors (Lipinski definition) is 2. The van der Waals surface area contributed by atoms with E-state index >= 15 is 0 Å². The molecular weight excluding hydrogens is 330 g/mol. The Morgan fingerprint density at radius 1 is 1.17 bits per heavy atom. The number of nitrogens with one attached hydrogen (secondary N) is 2. The lowest BCUT2D eigenvalue weighted by atomic mass is 9.96. The lowest BCUT2D eigenvalue weighted by Gasteiger charge is -2.32. The first-order chi connectivity index (χ1) is 11.5. The van der Waals surface area contributed by atoms with Gasteiger partial charge >= 0.3 is 0 Å². The van der Waals surface area contributed by atoms with Gasteiger partial charge in [-0.2, -0.15) is 0 Å². The summed E-state index contributed by atoms with van der Waals surface area (Å²) in [6.07, 6.45) is 1.56. The van der Waals surface area contributed by atoms with Crippen molar-refractivity contribution in [3.8, 4) is 0 Å². The number of hydrogen-bond acceptors (Lipinski definition) is 3. The van der Waals surface area contributed by atoms with E-state index in [0.717, 1.165) is 12.8 Å². The average molecular weight is 352 g/mol. The molecule has 0 spiro atoms. The minimum absolute atomic E-state index is 0.0750. The minimum atomic E-state index is -0.215. The van der Waals surface area contributed by atoms with E-state index in [9.17, 15) is 14.4 Å². The van der Waals surface area contributed by atoms with Crippen LogP contribution in [0.25, 0.3) is 0 Å². The van der Waals surface area contributed by atoms with Gasteiger partial charge < -0.3 is 15.5 Å². The first kappa shape index (κ1) is 18.3. The van der Waals surface area contributed by atoms with Crippen LogP contribution in [0.15, 0.2) is 24.3 Å². The Hall–Kier alpha value is -2.08. The number of carbonyl (C=O) groups excluding carboxylic acids is 3. The molecule has 0 radical (unpaired) electrons. The molecule has 0 aromatic heterocycles. The van der Waals surface area contributed by atoms with Gasteiger partial charge in [-0.05, 0) is 37.1 Å². The van der Waals surface area contributed by atoms with Crippen LogP contribution in [-0.4, -0.2) is 48.8 Å². The lowest BCUT2D eigenvalue weighted by molar-refractivity contribution is -0.126. The molecule has 0 saturated carbocycles. The molecule has 1 aromatic carbocycles. The minimum Gasteiger partial charge on any atom is -0.355 e.